The first-order valence-electron chi connectivity index (χ1n) is 7.78. The van der Waals surface area contributed by atoms with E-state index in [1.54, 1.807) is 0 Å². The number of hydrogen-bond acceptors (Lipinski definition) is 3. The van der Waals surface area contributed by atoms with E-state index in [9.17, 15) is 0 Å². The fourth-order valence-corrected chi connectivity index (χ4v) is 3.42. The van der Waals surface area contributed by atoms with Crippen molar-refractivity contribution in [2.75, 3.05) is 13.1 Å². The van der Waals surface area contributed by atoms with Crippen LogP contribution < -0.4 is 5.73 Å². The van der Waals surface area contributed by atoms with Crippen LogP contribution in [0.15, 0.2) is 12.5 Å². The molecule has 1 saturated heterocycles. The van der Waals surface area contributed by atoms with Gasteiger partial charge in [0.05, 0.1) is 18.1 Å². The lowest BCUT2D eigenvalue weighted by Gasteiger charge is -2.35. The predicted molar refractivity (Wildman–Crippen MR) is 76.9 cm³/mol. The van der Waals surface area contributed by atoms with Crippen LogP contribution in [0.2, 0.25) is 0 Å². The summed E-state index contributed by atoms with van der Waals surface area (Å²) in [5.41, 5.74) is 7.45. The van der Waals surface area contributed by atoms with Crippen molar-refractivity contribution < 1.29 is 0 Å². The van der Waals surface area contributed by atoms with E-state index in [1.165, 1.54) is 50.8 Å². The Bertz CT molecular complexity index is 410. The van der Waals surface area contributed by atoms with Crippen molar-refractivity contribution in [2.24, 2.45) is 5.73 Å². The molecule has 3 rings (SSSR count). The number of rotatable bonds is 4. The lowest BCUT2D eigenvalue weighted by molar-refractivity contribution is 0.145. The van der Waals surface area contributed by atoms with Crippen LogP contribution in [0.5, 0.6) is 0 Å². The first-order valence-corrected chi connectivity index (χ1v) is 7.78. The largest absolute Gasteiger partial charge is 0.330 e. The highest BCUT2D eigenvalue weighted by atomic mass is 15.2. The quantitative estimate of drug-likeness (QED) is 0.907. The summed E-state index contributed by atoms with van der Waals surface area (Å²) in [4.78, 5) is 6.99. The Morgan fingerprint density at radius 3 is 2.89 bits per heavy atom. The number of nitrogens with two attached hydrogens (primary N) is 1. The average Bonchev–Trinajstić information content (AvgIpc) is 3.18. The molecule has 1 aliphatic heterocycles. The fourth-order valence-electron chi connectivity index (χ4n) is 3.42. The maximum atomic E-state index is 6.11. The summed E-state index contributed by atoms with van der Waals surface area (Å²) in [5.74, 6) is 0. The zero-order valence-corrected chi connectivity index (χ0v) is 12.0. The molecule has 1 aromatic rings. The third kappa shape index (κ3) is 2.70. The molecule has 2 N–H and O–H groups in total. The second-order valence-electron chi connectivity index (χ2n) is 6.14. The summed E-state index contributed by atoms with van der Waals surface area (Å²) >= 11 is 0. The monoisotopic (exact) mass is 262 g/mol. The van der Waals surface area contributed by atoms with Crippen molar-refractivity contribution in [3.63, 3.8) is 0 Å². The van der Waals surface area contributed by atoms with Crippen molar-refractivity contribution >= 4 is 0 Å². The molecular formula is C15H26N4. The van der Waals surface area contributed by atoms with E-state index < -0.39 is 0 Å². The number of nitrogens with zero attached hydrogens (tertiary/aromatic N) is 3. The lowest BCUT2D eigenvalue weighted by Crippen LogP contribution is -2.40. The van der Waals surface area contributed by atoms with Crippen LogP contribution in [0.25, 0.3) is 0 Å². The summed E-state index contributed by atoms with van der Waals surface area (Å²) in [6.07, 6.45) is 12.0. The third-order valence-electron chi connectivity index (χ3n) is 4.71. The zero-order valence-electron chi connectivity index (χ0n) is 12.0. The summed E-state index contributed by atoms with van der Waals surface area (Å²) in [5, 5.41) is 0. The number of likely N-dealkylation sites (tertiary alicyclic amines) is 1. The third-order valence-corrected chi connectivity index (χ3v) is 4.71. The van der Waals surface area contributed by atoms with Gasteiger partial charge in [0, 0.05) is 24.8 Å². The minimum Gasteiger partial charge on any atom is -0.330 e. The van der Waals surface area contributed by atoms with Gasteiger partial charge in [-0.05, 0) is 39.2 Å². The Labute approximate surface area is 116 Å². The second-order valence-corrected chi connectivity index (χ2v) is 6.14. The molecule has 1 saturated carbocycles. The van der Waals surface area contributed by atoms with Crippen LogP contribution in [0.4, 0.5) is 0 Å². The van der Waals surface area contributed by atoms with Crippen LogP contribution in [0, 0.1) is 0 Å². The van der Waals surface area contributed by atoms with E-state index in [-0.39, 0.29) is 0 Å². The minimum absolute atomic E-state index is 0.344. The van der Waals surface area contributed by atoms with Crippen LogP contribution in [-0.2, 0) is 0 Å². The maximum Gasteiger partial charge on any atom is 0.0951 e. The first kappa shape index (κ1) is 13.1. The van der Waals surface area contributed by atoms with Gasteiger partial charge in [-0.1, -0.05) is 12.8 Å². The molecule has 1 aromatic heterocycles. The van der Waals surface area contributed by atoms with E-state index >= 15 is 0 Å². The van der Waals surface area contributed by atoms with Crippen molar-refractivity contribution in [1.82, 2.24) is 14.5 Å². The minimum atomic E-state index is 0.344. The standard InChI is InChI=1S/C15H26N4/c1-12-5-3-2-4-8-18(12)14(9-16)15-10-17-11-19(15)13-6-7-13/h10-14H,2-9,16H2,1H3. The first-order chi connectivity index (χ1) is 9.31. The highest BCUT2D eigenvalue weighted by molar-refractivity contribution is 5.10. The number of aromatic nitrogens is 2. The van der Waals surface area contributed by atoms with Gasteiger partial charge >= 0.3 is 0 Å². The van der Waals surface area contributed by atoms with Crippen molar-refractivity contribution in [3.8, 4) is 0 Å². The summed E-state index contributed by atoms with van der Waals surface area (Å²) in [6, 6.07) is 1.67. The molecule has 4 heteroatoms. The second kappa shape index (κ2) is 5.63. The Balaban J connectivity index is 1.83. The number of hydrogen-bond donors (Lipinski definition) is 1. The molecule has 0 spiro atoms. The topological polar surface area (TPSA) is 47.1 Å². The van der Waals surface area contributed by atoms with E-state index in [0.717, 1.165) is 0 Å². The Hall–Kier alpha value is -0.870. The molecule has 0 radical (unpaired) electrons. The van der Waals surface area contributed by atoms with Crippen LogP contribution >= 0.6 is 0 Å². The molecule has 0 aromatic carbocycles. The summed E-state index contributed by atoms with van der Waals surface area (Å²) < 4.78 is 2.37. The molecule has 19 heavy (non-hydrogen) atoms. The molecule has 2 heterocycles. The molecule has 106 valence electrons. The molecular weight excluding hydrogens is 236 g/mol. The molecule has 1 aliphatic carbocycles. The molecule has 0 bridgehead atoms. The molecule has 2 unspecified atom stereocenters. The predicted octanol–water partition coefficient (Wildman–Crippen LogP) is 2.48. The average molecular weight is 262 g/mol. The summed E-state index contributed by atoms with van der Waals surface area (Å²) in [7, 11) is 0. The lowest BCUT2D eigenvalue weighted by atomic mass is 10.1. The fraction of sp³-hybridized carbons (Fsp3) is 0.800. The van der Waals surface area contributed by atoms with Gasteiger partial charge in [-0.15, -0.1) is 0 Å². The van der Waals surface area contributed by atoms with Crippen LogP contribution in [0.3, 0.4) is 0 Å². The van der Waals surface area contributed by atoms with Gasteiger partial charge in [-0.2, -0.15) is 0 Å². The van der Waals surface area contributed by atoms with Crippen molar-refractivity contribution in [2.45, 2.75) is 63.6 Å². The molecule has 4 nitrogen and oxygen atoms in total. The smallest absolute Gasteiger partial charge is 0.0951 e. The van der Waals surface area contributed by atoms with Crippen molar-refractivity contribution in [1.29, 1.82) is 0 Å². The van der Waals surface area contributed by atoms with Gasteiger partial charge in [0.15, 0.2) is 0 Å². The SMILES string of the molecule is CC1CCCCCN1C(CN)c1cncn1C1CC1. The number of imidazole rings is 1. The van der Waals surface area contributed by atoms with E-state index in [0.29, 0.717) is 24.7 Å². The van der Waals surface area contributed by atoms with Crippen molar-refractivity contribution in [3.05, 3.63) is 18.2 Å². The van der Waals surface area contributed by atoms with Gasteiger partial charge < -0.3 is 10.3 Å². The van der Waals surface area contributed by atoms with Gasteiger partial charge in [0.2, 0.25) is 0 Å². The molecule has 2 atom stereocenters. The maximum absolute atomic E-state index is 6.11. The Kier molecular flexibility index (Phi) is 3.89. The molecule has 2 fully saturated rings. The summed E-state index contributed by atoms with van der Waals surface area (Å²) in [6.45, 7) is 4.23. The van der Waals surface area contributed by atoms with Gasteiger partial charge in [-0.25, -0.2) is 4.98 Å². The zero-order chi connectivity index (χ0) is 13.2. The Morgan fingerprint density at radius 2 is 2.16 bits per heavy atom. The van der Waals surface area contributed by atoms with Gasteiger partial charge in [0.25, 0.3) is 0 Å². The van der Waals surface area contributed by atoms with E-state index in [1.807, 2.05) is 12.5 Å². The van der Waals surface area contributed by atoms with E-state index in [2.05, 4.69) is 21.4 Å². The molecule has 2 aliphatic rings. The van der Waals surface area contributed by atoms with Crippen LogP contribution in [0.1, 0.15) is 63.2 Å². The normalized spacial score (nSPS) is 27.2. The van der Waals surface area contributed by atoms with Gasteiger partial charge in [-0.3, -0.25) is 4.90 Å². The van der Waals surface area contributed by atoms with E-state index in [4.69, 9.17) is 5.73 Å². The Morgan fingerprint density at radius 1 is 1.32 bits per heavy atom. The molecule has 0 amide bonds. The van der Waals surface area contributed by atoms with Gasteiger partial charge in [0.1, 0.15) is 0 Å². The highest BCUT2D eigenvalue weighted by Gasteiger charge is 2.31. The van der Waals surface area contributed by atoms with Crippen LogP contribution in [-0.4, -0.2) is 33.6 Å². The highest BCUT2D eigenvalue weighted by Crippen LogP contribution is 2.38.